The van der Waals surface area contributed by atoms with E-state index in [2.05, 4.69) is 6.92 Å². The first-order valence-electron chi connectivity index (χ1n) is 10.9. The molecule has 0 spiro atoms. The van der Waals surface area contributed by atoms with Gasteiger partial charge in [-0.2, -0.15) is 0 Å². The number of carbonyl (C=O) groups is 1. The summed E-state index contributed by atoms with van der Waals surface area (Å²) in [7, 11) is 0. The van der Waals surface area contributed by atoms with Crippen molar-refractivity contribution in [3.05, 3.63) is 98.8 Å². The van der Waals surface area contributed by atoms with Crippen molar-refractivity contribution < 1.29 is 18.4 Å². The minimum Gasteiger partial charge on any atom is -0.494 e. The third-order valence-electron chi connectivity index (χ3n) is 5.77. The molecule has 0 N–H and O–H groups in total. The maximum Gasteiger partial charge on any atom is 0.291 e. The zero-order valence-electron chi connectivity index (χ0n) is 18.0. The van der Waals surface area contributed by atoms with E-state index in [0.717, 1.165) is 18.4 Å². The Morgan fingerprint density at radius 1 is 1.09 bits per heavy atom. The van der Waals surface area contributed by atoms with E-state index in [1.807, 2.05) is 24.3 Å². The van der Waals surface area contributed by atoms with Crippen LogP contribution < -0.4 is 10.2 Å². The van der Waals surface area contributed by atoms with Crippen LogP contribution in [-0.4, -0.2) is 17.4 Å². The fourth-order valence-corrected chi connectivity index (χ4v) is 4.35. The summed E-state index contributed by atoms with van der Waals surface area (Å²) in [6.07, 6.45) is 3.52. The number of halogens is 1. The summed E-state index contributed by atoms with van der Waals surface area (Å²) < 4.78 is 17.3. The van der Waals surface area contributed by atoms with Crippen LogP contribution in [0.2, 0.25) is 5.02 Å². The minimum atomic E-state index is -0.646. The van der Waals surface area contributed by atoms with Gasteiger partial charge in [0.1, 0.15) is 17.1 Å². The molecule has 0 radical (unpaired) electrons. The molecule has 2 aromatic carbocycles. The molecule has 4 aromatic rings. The zero-order valence-corrected chi connectivity index (χ0v) is 18.8. The van der Waals surface area contributed by atoms with Crippen LogP contribution in [0.25, 0.3) is 11.0 Å². The first kappa shape index (κ1) is 21.3. The molecule has 0 bridgehead atoms. The monoisotopic (exact) mass is 463 g/mol. The largest absolute Gasteiger partial charge is 0.494 e. The van der Waals surface area contributed by atoms with E-state index in [9.17, 15) is 9.59 Å². The number of unbranched alkanes of at least 4 members (excludes halogenated alkanes) is 1. The Hall–Kier alpha value is -3.51. The highest BCUT2D eigenvalue weighted by atomic mass is 35.5. The number of rotatable bonds is 7. The lowest BCUT2D eigenvalue weighted by molar-refractivity contribution is 0.0701. The van der Waals surface area contributed by atoms with Gasteiger partial charge >= 0.3 is 0 Å². The Kier molecular flexibility index (Phi) is 5.68. The molecule has 33 heavy (non-hydrogen) atoms. The van der Waals surface area contributed by atoms with Crippen molar-refractivity contribution in [2.75, 3.05) is 6.61 Å². The van der Waals surface area contributed by atoms with Gasteiger partial charge in [-0.25, -0.2) is 0 Å². The first-order chi connectivity index (χ1) is 16.1. The van der Waals surface area contributed by atoms with E-state index < -0.39 is 6.04 Å². The standard InChI is InChI=1S/C26H22ClNO5/c1-2-3-11-31-18-7-4-6-16(13-18)23-22-24(29)20-14-17(27)9-10-21(20)33-25(22)26(30)28(23)15-19-8-5-12-32-19/h4-10,12-14,23H,2-3,11,15H2,1H3. The van der Waals surface area contributed by atoms with E-state index in [0.29, 0.717) is 39.7 Å². The van der Waals surface area contributed by atoms with Crippen molar-refractivity contribution in [1.82, 2.24) is 4.90 Å². The smallest absolute Gasteiger partial charge is 0.291 e. The molecular formula is C26H22ClNO5. The lowest BCUT2D eigenvalue weighted by atomic mass is 9.98. The summed E-state index contributed by atoms with van der Waals surface area (Å²) in [5.74, 6) is 0.978. The van der Waals surface area contributed by atoms with Gasteiger partial charge in [-0.15, -0.1) is 0 Å². The molecular weight excluding hydrogens is 442 g/mol. The summed E-state index contributed by atoms with van der Waals surface area (Å²) in [6, 6.07) is 15.2. The van der Waals surface area contributed by atoms with Crippen LogP contribution >= 0.6 is 11.6 Å². The number of benzene rings is 2. The molecule has 3 heterocycles. The van der Waals surface area contributed by atoms with Crippen LogP contribution in [0.5, 0.6) is 5.75 Å². The van der Waals surface area contributed by atoms with Crippen molar-refractivity contribution in [2.24, 2.45) is 0 Å². The number of hydrogen-bond donors (Lipinski definition) is 0. The van der Waals surface area contributed by atoms with Gasteiger partial charge in [0.25, 0.3) is 5.91 Å². The summed E-state index contributed by atoms with van der Waals surface area (Å²) >= 11 is 6.14. The number of fused-ring (bicyclic) bond motifs is 2. The van der Waals surface area contributed by atoms with E-state index in [1.54, 1.807) is 41.5 Å². The number of hydrogen-bond acceptors (Lipinski definition) is 5. The molecule has 168 valence electrons. The molecule has 0 saturated carbocycles. The fourth-order valence-electron chi connectivity index (χ4n) is 4.18. The second-order valence-electron chi connectivity index (χ2n) is 8.00. The Morgan fingerprint density at radius 3 is 2.76 bits per heavy atom. The topological polar surface area (TPSA) is 72.9 Å². The molecule has 1 aliphatic rings. The van der Waals surface area contributed by atoms with Crippen molar-refractivity contribution in [2.45, 2.75) is 32.4 Å². The minimum absolute atomic E-state index is 0.0451. The second-order valence-corrected chi connectivity index (χ2v) is 8.44. The number of carbonyl (C=O) groups excluding carboxylic acids is 1. The highest BCUT2D eigenvalue weighted by Crippen LogP contribution is 2.40. The Morgan fingerprint density at radius 2 is 1.97 bits per heavy atom. The number of nitrogens with zero attached hydrogens (tertiary/aromatic N) is 1. The predicted octanol–water partition coefficient (Wildman–Crippen LogP) is 5.96. The molecule has 0 saturated heterocycles. The van der Waals surface area contributed by atoms with Crippen molar-refractivity contribution in [3.63, 3.8) is 0 Å². The second kappa shape index (κ2) is 8.79. The molecule has 0 fully saturated rings. The van der Waals surface area contributed by atoms with Gasteiger partial charge in [0, 0.05) is 5.02 Å². The third kappa shape index (κ3) is 3.91. The molecule has 7 heteroatoms. The van der Waals surface area contributed by atoms with Crippen LogP contribution in [-0.2, 0) is 6.54 Å². The average molecular weight is 464 g/mol. The van der Waals surface area contributed by atoms with Crippen LogP contribution in [0.3, 0.4) is 0 Å². The van der Waals surface area contributed by atoms with Gasteiger partial charge in [0.05, 0.1) is 36.4 Å². The molecule has 1 unspecified atom stereocenters. The van der Waals surface area contributed by atoms with Gasteiger partial charge in [-0.1, -0.05) is 37.1 Å². The van der Waals surface area contributed by atoms with Gasteiger partial charge in [-0.05, 0) is 54.4 Å². The van der Waals surface area contributed by atoms with Gasteiger partial charge in [0.15, 0.2) is 5.43 Å². The summed E-state index contributed by atoms with van der Waals surface area (Å²) in [4.78, 5) is 28.7. The van der Waals surface area contributed by atoms with E-state index in [-0.39, 0.29) is 23.6 Å². The SMILES string of the molecule is CCCCOc1cccc(C2c3c(oc4ccc(Cl)cc4c3=O)C(=O)N2Cc2ccco2)c1. The van der Waals surface area contributed by atoms with Crippen LogP contribution in [0, 0.1) is 0 Å². The van der Waals surface area contributed by atoms with E-state index in [4.69, 9.17) is 25.2 Å². The lowest BCUT2D eigenvalue weighted by Crippen LogP contribution is -2.29. The summed E-state index contributed by atoms with van der Waals surface area (Å²) in [6.45, 7) is 2.89. The third-order valence-corrected chi connectivity index (χ3v) is 6.01. The maximum absolute atomic E-state index is 13.6. The van der Waals surface area contributed by atoms with Crippen molar-refractivity contribution >= 4 is 28.5 Å². The van der Waals surface area contributed by atoms with Gasteiger partial charge in [-0.3, -0.25) is 9.59 Å². The molecule has 6 nitrogen and oxygen atoms in total. The van der Waals surface area contributed by atoms with Gasteiger partial charge < -0.3 is 18.5 Å². The Balaban J connectivity index is 1.66. The molecule has 5 rings (SSSR count). The molecule has 1 amide bonds. The summed E-state index contributed by atoms with van der Waals surface area (Å²) in [5.41, 5.74) is 1.11. The zero-order chi connectivity index (χ0) is 22.9. The lowest BCUT2D eigenvalue weighted by Gasteiger charge is -2.24. The van der Waals surface area contributed by atoms with Crippen LogP contribution in [0.1, 0.15) is 53.2 Å². The quantitative estimate of drug-likeness (QED) is 0.316. The predicted molar refractivity (Wildman–Crippen MR) is 125 cm³/mol. The maximum atomic E-state index is 13.6. The normalized spacial score (nSPS) is 15.3. The van der Waals surface area contributed by atoms with Crippen molar-refractivity contribution in [1.29, 1.82) is 0 Å². The highest BCUT2D eigenvalue weighted by Gasteiger charge is 2.43. The van der Waals surface area contributed by atoms with Crippen molar-refractivity contribution in [3.8, 4) is 5.75 Å². The van der Waals surface area contributed by atoms with Crippen LogP contribution in [0.4, 0.5) is 0 Å². The summed E-state index contributed by atoms with van der Waals surface area (Å²) in [5, 5.41) is 0.767. The average Bonchev–Trinajstić information content (AvgIpc) is 3.42. The number of amides is 1. The number of furan rings is 1. The molecule has 2 aromatic heterocycles. The van der Waals surface area contributed by atoms with E-state index >= 15 is 0 Å². The van der Waals surface area contributed by atoms with E-state index in [1.165, 1.54) is 0 Å². The Bertz CT molecular complexity index is 1380. The first-order valence-corrected chi connectivity index (χ1v) is 11.3. The molecule has 1 aliphatic heterocycles. The van der Waals surface area contributed by atoms with Gasteiger partial charge in [0.2, 0.25) is 5.76 Å². The Labute approximate surface area is 195 Å². The fraction of sp³-hybridized carbons (Fsp3) is 0.231. The molecule has 1 atom stereocenters. The molecule has 0 aliphatic carbocycles. The highest BCUT2D eigenvalue weighted by molar-refractivity contribution is 6.31. The number of ether oxygens (including phenoxy) is 1. The van der Waals surface area contributed by atoms with Crippen LogP contribution in [0.15, 0.2) is 74.5 Å².